The van der Waals surface area contributed by atoms with Gasteiger partial charge in [-0.25, -0.2) is 4.39 Å². The third kappa shape index (κ3) is 5.72. The normalized spacial score (nSPS) is 10.5. The first-order valence-corrected chi connectivity index (χ1v) is 9.56. The summed E-state index contributed by atoms with van der Waals surface area (Å²) >= 11 is 12.0. The topological polar surface area (TPSA) is 75.6 Å². The molecule has 0 heterocycles. The molecule has 0 aliphatic heterocycles. The number of ether oxygens (including phenoxy) is 1. The van der Waals surface area contributed by atoms with Crippen LogP contribution < -0.4 is 10.1 Å². The summed E-state index contributed by atoms with van der Waals surface area (Å²) in [5, 5.41) is 12.3. The van der Waals surface area contributed by atoms with E-state index in [1.165, 1.54) is 18.2 Å². The molecule has 3 rings (SSSR count). The summed E-state index contributed by atoms with van der Waals surface area (Å²) in [7, 11) is 0. The summed E-state index contributed by atoms with van der Waals surface area (Å²) in [6.45, 7) is 0.182. The number of hydrogen-bond acceptors (Lipinski definition) is 3. The predicted molar refractivity (Wildman–Crippen MR) is 113 cm³/mol. The summed E-state index contributed by atoms with van der Waals surface area (Å²) in [5.41, 5.74) is 1.18. The summed E-state index contributed by atoms with van der Waals surface area (Å²) in [4.78, 5) is 23.5. The molecule has 1 amide bonds. The van der Waals surface area contributed by atoms with Crippen molar-refractivity contribution in [2.24, 2.45) is 0 Å². The Morgan fingerprint density at radius 2 is 1.77 bits per heavy atom. The van der Waals surface area contributed by atoms with E-state index in [2.05, 4.69) is 5.32 Å². The van der Waals surface area contributed by atoms with Crippen LogP contribution in [0.25, 0.3) is 0 Å². The van der Waals surface area contributed by atoms with Crippen LogP contribution >= 0.6 is 23.2 Å². The number of carbonyl (C=O) groups excluding carboxylic acids is 1. The lowest BCUT2D eigenvalue weighted by Gasteiger charge is -2.13. The lowest BCUT2D eigenvalue weighted by atomic mass is 10.1. The summed E-state index contributed by atoms with van der Waals surface area (Å²) < 4.78 is 19.8. The van der Waals surface area contributed by atoms with Crippen molar-refractivity contribution in [1.29, 1.82) is 0 Å². The van der Waals surface area contributed by atoms with Crippen molar-refractivity contribution in [2.45, 2.75) is 13.0 Å². The van der Waals surface area contributed by atoms with Crippen LogP contribution in [0.15, 0.2) is 60.7 Å². The Morgan fingerprint density at radius 1 is 1.00 bits per heavy atom. The molecule has 0 saturated carbocycles. The van der Waals surface area contributed by atoms with Gasteiger partial charge in [-0.3, -0.25) is 9.59 Å². The maximum atomic E-state index is 14.1. The molecule has 8 heteroatoms. The van der Waals surface area contributed by atoms with Crippen LogP contribution in [0.5, 0.6) is 5.75 Å². The first-order valence-electron chi connectivity index (χ1n) is 8.80. The van der Waals surface area contributed by atoms with Gasteiger partial charge in [0.15, 0.2) is 0 Å². The molecule has 0 aliphatic carbocycles. The minimum absolute atomic E-state index is 0.0220. The second-order valence-corrected chi connectivity index (χ2v) is 7.26. The Kier molecular flexibility index (Phi) is 6.92. The fourth-order valence-electron chi connectivity index (χ4n) is 2.72. The highest BCUT2D eigenvalue weighted by Gasteiger charge is 2.15. The SMILES string of the molecule is O=C(O)Cc1ccc(NC(=O)c2cc(Cl)ccc2OCc2cccc(Cl)c2)cc1F. The van der Waals surface area contributed by atoms with E-state index < -0.39 is 24.1 Å². The largest absolute Gasteiger partial charge is 0.488 e. The Morgan fingerprint density at radius 3 is 2.47 bits per heavy atom. The van der Waals surface area contributed by atoms with Gasteiger partial charge in [-0.2, -0.15) is 0 Å². The van der Waals surface area contributed by atoms with Gasteiger partial charge in [0.2, 0.25) is 0 Å². The average Bonchev–Trinajstić information content (AvgIpc) is 2.69. The number of hydrogen-bond donors (Lipinski definition) is 2. The van der Waals surface area contributed by atoms with Crippen molar-refractivity contribution < 1.29 is 23.8 Å². The van der Waals surface area contributed by atoms with Crippen molar-refractivity contribution in [3.05, 3.63) is 93.2 Å². The molecule has 0 fully saturated rings. The van der Waals surface area contributed by atoms with E-state index in [1.807, 2.05) is 6.07 Å². The van der Waals surface area contributed by atoms with Gasteiger partial charge in [-0.1, -0.05) is 41.4 Å². The zero-order valence-corrected chi connectivity index (χ0v) is 17.0. The molecule has 0 atom stereocenters. The number of carboxylic acid groups (broad SMARTS) is 1. The number of carbonyl (C=O) groups is 2. The molecule has 3 aromatic rings. The number of amides is 1. The van der Waals surface area contributed by atoms with Gasteiger partial charge < -0.3 is 15.2 Å². The Hall–Kier alpha value is -3.09. The zero-order valence-electron chi connectivity index (χ0n) is 15.5. The number of benzene rings is 3. The van der Waals surface area contributed by atoms with Crippen molar-refractivity contribution in [3.63, 3.8) is 0 Å². The van der Waals surface area contributed by atoms with E-state index in [1.54, 1.807) is 30.3 Å². The van der Waals surface area contributed by atoms with Crippen LogP contribution in [0.3, 0.4) is 0 Å². The summed E-state index contributed by atoms with van der Waals surface area (Å²) in [5.74, 6) is -2.13. The second kappa shape index (κ2) is 9.61. The molecular weight excluding hydrogens is 432 g/mol. The third-order valence-electron chi connectivity index (χ3n) is 4.12. The smallest absolute Gasteiger partial charge is 0.307 e. The molecule has 0 unspecified atom stereocenters. The molecule has 0 spiro atoms. The Labute approximate surface area is 182 Å². The highest BCUT2D eigenvalue weighted by Crippen LogP contribution is 2.26. The molecule has 0 saturated heterocycles. The summed E-state index contributed by atoms with van der Waals surface area (Å²) in [6.07, 6.45) is -0.449. The molecule has 0 aliphatic rings. The minimum atomic E-state index is -1.15. The standard InChI is InChI=1S/C22H16Cl2FNO4/c23-15-3-1-2-13(8-15)12-30-20-7-5-16(24)10-18(20)22(29)26-17-6-4-14(9-21(27)28)19(25)11-17/h1-8,10-11H,9,12H2,(H,26,29)(H,27,28). The van der Waals surface area contributed by atoms with Crippen LogP contribution in [0.1, 0.15) is 21.5 Å². The summed E-state index contributed by atoms with van der Waals surface area (Å²) in [6, 6.07) is 15.5. The molecule has 30 heavy (non-hydrogen) atoms. The Balaban J connectivity index is 1.77. The Bertz CT molecular complexity index is 1100. The molecule has 0 radical (unpaired) electrons. The maximum Gasteiger partial charge on any atom is 0.307 e. The van der Waals surface area contributed by atoms with Crippen LogP contribution in [-0.2, 0) is 17.8 Å². The van der Waals surface area contributed by atoms with Gasteiger partial charge in [0.05, 0.1) is 12.0 Å². The third-order valence-corrected chi connectivity index (χ3v) is 4.59. The maximum absolute atomic E-state index is 14.1. The first-order chi connectivity index (χ1) is 14.3. The molecule has 154 valence electrons. The van der Waals surface area contributed by atoms with E-state index in [-0.39, 0.29) is 23.4 Å². The van der Waals surface area contributed by atoms with Gasteiger partial charge in [-0.15, -0.1) is 0 Å². The molecule has 0 bridgehead atoms. The van der Waals surface area contributed by atoms with E-state index in [0.29, 0.717) is 15.8 Å². The first kappa shape index (κ1) is 21.6. The van der Waals surface area contributed by atoms with Crippen LogP contribution in [0.2, 0.25) is 10.0 Å². The molecule has 0 aromatic heterocycles. The monoisotopic (exact) mass is 447 g/mol. The van der Waals surface area contributed by atoms with Crippen LogP contribution in [0, 0.1) is 5.82 Å². The highest BCUT2D eigenvalue weighted by molar-refractivity contribution is 6.31. The van der Waals surface area contributed by atoms with Crippen molar-refractivity contribution in [1.82, 2.24) is 0 Å². The quantitative estimate of drug-likeness (QED) is 0.494. The fraction of sp³-hybridized carbons (Fsp3) is 0.0909. The van der Waals surface area contributed by atoms with Gasteiger partial charge in [-0.05, 0) is 53.6 Å². The number of carboxylic acids is 1. The van der Waals surface area contributed by atoms with E-state index in [9.17, 15) is 14.0 Å². The minimum Gasteiger partial charge on any atom is -0.488 e. The zero-order chi connectivity index (χ0) is 21.7. The molecule has 5 nitrogen and oxygen atoms in total. The molecule has 2 N–H and O–H groups in total. The lowest BCUT2D eigenvalue weighted by Crippen LogP contribution is -2.14. The number of rotatable bonds is 7. The number of anilines is 1. The number of halogens is 3. The molecule has 3 aromatic carbocycles. The van der Waals surface area contributed by atoms with Crippen molar-refractivity contribution in [2.75, 3.05) is 5.32 Å². The van der Waals surface area contributed by atoms with E-state index in [0.717, 1.165) is 11.6 Å². The predicted octanol–water partition coefficient (Wildman–Crippen LogP) is 5.59. The van der Waals surface area contributed by atoms with Gasteiger partial charge in [0.25, 0.3) is 5.91 Å². The van der Waals surface area contributed by atoms with Crippen LogP contribution in [0.4, 0.5) is 10.1 Å². The second-order valence-electron chi connectivity index (χ2n) is 6.39. The van der Waals surface area contributed by atoms with Crippen molar-refractivity contribution in [3.8, 4) is 5.75 Å². The number of aliphatic carboxylic acids is 1. The highest BCUT2D eigenvalue weighted by atomic mass is 35.5. The molecular formula is C22H16Cl2FNO4. The fourth-order valence-corrected chi connectivity index (χ4v) is 3.11. The lowest BCUT2D eigenvalue weighted by molar-refractivity contribution is -0.136. The van der Waals surface area contributed by atoms with Gasteiger partial charge in [0, 0.05) is 15.7 Å². The van der Waals surface area contributed by atoms with Crippen molar-refractivity contribution >= 4 is 40.8 Å². The van der Waals surface area contributed by atoms with Crippen LogP contribution in [-0.4, -0.2) is 17.0 Å². The van der Waals surface area contributed by atoms with Gasteiger partial charge in [0.1, 0.15) is 18.2 Å². The van der Waals surface area contributed by atoms with E-state index >= 15 is 0 Å². The van der Waals surface area contributed by atoms with Gasteiger partial charge >= 0.3 is 5.97 Å². The average molecular weight is 448 g/mol. The number of nitrogens with one attached hydrogen (secondary N) is 1. The van der Waals surface area contributed by atoms with E-state index in [4.69, 9.17) is 33.0 Å².